The molecule has 0 unspecified atom stereocenters. The van der Waals surface area contributed by atoms with Crippen LogP contribution in [0.5, 0.6) is 0 Å². The maximum Gasteiger partial charge on any atom is 0.244 e. The minimum absolute atomic E-state index is 0.0281. The standard InChI is InChI=1S/C21H23N3O3S/c1-16(19-8-4-6-17-5-2-3-7-20(17)19)23-21-10-9-18(15-22-21)28(25,26)24-11-13-27-14-12-24/h2-10,15-16H,11-14H2,1H3,(H,22,23)/t16-/m0/s1. The average Bonchev–Trinajstić information content (AvgIpc) is 2.74. The molecule has 2 heterocycles. The van der Waals surface area contributed by atoms with Gasteiger partial charge in [-0.3, -0.25) is 0 Å². The predicted molar refractivity (Wildman–Crippen MR) is 110 cm³/mol. The van der Waals surface area contributed by atoms with Crippen molar-refractivity contribution in [2.45, 2.75) is 17.9 Å². The lowest BCUT2D eigenvalue weighted by Crippen LogP contribution is -2.40. The van der Waals surface area contributed by atoms with E-state index in [0.717, 1.165) is 0 Å². The van der Waals surface area contributed by atoms with E-state index in [4.69, 9.17) is 4.74 Å². The summed E-state index contributed by atoms with van der Waals surface area (Å²) in [6.07, 6.45) is 1.42. The molecule has 1 aliphatic rings. The molecule has 1 saturated heterocycles. The molecule has 1 N–H and O–H groups in total. The zero-order valence-corrected chi connectivity index (χ0v) is 16.5. The van der Waals surface area contributed by atoms with Gasteiger partial charge in [0, 0.05) is 19.3 Å². The van der Waals surface area contributed by atoms with E-state index in [1.165, 1.54) is 26.8 Å². The summed E-state index contributed by atoms with van der Waals surface area (Å²) >= 11 is 0. The summed E-state index contributed by atoms with van der Waals surface area (Å²) in [6.45, 7) is 3.67. The number of aromatic nitrogens is 1. The first-order valence-electron chi connectivity index (χ1n) is 9.34. The number of benzene rings is 2. The Morgan fingerprint density at radius 1 is 1.04 bits per heavy atom. The molecule has 0 bridgehead atoms. The predicted octanol–water partition coefficient (Wildman–Crippen LogP) is 3.43. The average molecular weight is 398 g/mol. The molecule has 2 aromatic carbocycles. The third-order valence-corrected chi connectivity index (χ3v) is 6.88. The minimum Gasteiger partial charge on any atom is -0.379 e. The van der Waals surface area contributed by atoms with Gasteiger partial charge in [0.1, 0.15) is 10.7 Å². The van der Waals surface area contributed by atoms with Crippen LogP contribution in [-0.4, -0.2) is 44.0 Å². The maximum absolute atomic E-state index is 12.7. The molecule has 6 nitrogen and oxygen atoms in total. The molecule has 7 heteroatoms. The number of nitrogens with zero attached hydrogens (tertiary/aromatic N) is 2. The van der Waals surface area contributed by atoms with E-state index >= 15 is 0 Å². The number of ether oxygens (including phenoxy) is 1. The van der Waals surface area contributed by atoms with E-state index in [9.17, 15) is 8.42 Å². The third-order valence-electron chi connectivity index (χ3n) is 5.00. The van der Waals surface area contributed by atoms with Crippen molar-refractivity contribution in [3.05, 3.63) is 66.4 Å². The molecule has 3 aromatic rings. The third kappa shape index (κ3) is 3.73. The van der Waals surface area contributed by atoms with Crippen LogP contribution in [-0.2, 0) is 14.8 Å². The fourth-order valence-electron chi connectivity index (χ4n) is 3.48. The lowest BCUT2D eigenvalue weighted by atomic mass is 10.00. The monoisotopic (exact) mass is 397 g/mol. The number of morpholine rings is 1. The molecule has 0 amide bonds. The number of sulfonamides is 1. The molecule has 0 spiro atoms. The molecule has 0 saturated carbocycles. The van der Waals surface area contributed by atoms with Crippen LogP contribution < -0.4 is 5.32 Å². The maximum atomic E-state index is 12.7. The van der Waals surface area contributed by atoms with E-state index < -0.39 is 10.0 Å². The normalized spacial score (nSPS) is 16.8. The summed E-state index contributed by atoms with van der Waals surface area (Å²) in [5.41, 5.74) is 1.17. The van der Waals surface area contributed by atoms with Crippen molar-refractivity contribution in [3.8, 4) is 0 Å². The summed E-state index contributed by atoms with van der Waals surface area (Å²) in [5.74, 6) is 0.640. The Morgan fingerprint density at radius 3 is 2.54 bits per heavy atom. The number of rotatable bonds is 5. The van der Waals surface area contributed by atoms with Gasteiger partial charge in [-0.2, -0.15) is 4.31 Å². The van der Waals surface area contributed by atoms with E-state index in [1.54, 1.807) is 12.1 Å². The summed E-state index contributed by atoms with van der Waals surface area (Å²) in [7, 11) is -3.53. The molecular weight excluding hydrogens is 374 g/mol. The number of fused-ring (bicyclic) bond motifs is 1. The molecule has 1 fully saturated rings. The summed E-state index contributed by atoms with van der Waals surface area (Å²) < 4.78 is 32.1. The van der Waals surface area contributed by atoms with Gasteiger partial charge in [-0.25, -0.2) is 13.4 Å². The lowest BCUT2D eigenvalue weighted by Gasteiger charge is -2.26. The molecule has 1 aromatic heterocycles. The first-order chi connectivity index (χ1) is 13.6. The second kappa shape index (κ2) is 7.87. The van der Waals surface area contributed by atoms with Crippen molar-refractivity contribution in [3.63, 3.8) is 0 Å². The van der Waals surface area contributed by atoms with Gasteiger partial charge in [-0.15, -0.1) is 0 Å². The highest BCUT2D eigenvalue weighted by molar-refractivity contribution is 7.89. The fraction of sp³-hybridized carbons (Fsp3) is 0.286. The van der Waals surface area contributed by atoms with E-state index in [-0.39, 0.29) is 10.9 Å². The van der Waals surface area contributed by atoms with Crippen molar-refractivity contribution >= 4 is 26.6 Å². The van der Waals surface area contributed by atoms with Crippen LogP contribution in [0.4, 0.5) is 5.82 Å². The highest BCUT2D eigenvalue weighted by atomic mass is 32.2. The van der Waals surface area contributed by atoms with Gasteiger partial charge in [-0.1, -0.05) is 42.5 Å². The van der Waals surface area contributed by atoms with Gasteiger partial charge < -0.3 is 10.1 Å². The van der Waals surface area contributed by atoms with E-state index in [2.05, 4.69) is 41.5 Å². The van der Waals surface area contributed by atoms with E-state index in [1.807, 2.05) is 18.2 Å². The first kappa shape index (κ1) is 18.9. The molecule has 1 aliphatic heterocycles. The summed E-state index contributed by atoms with van der Waals surface area (Å²) in [4.78, 5) is 4.54. The van der Waals surface area contributed by atoms with Crippen LogP contribution in [0.3, 0.4) is 0 Å². The Balaban J connectivity index is 1.53. The van der Waals surface area contributed by atoms with E-state index in [0.29, 0.717) is 32.1 Å². The van der Waals surface area contributed by atoms with Crippen molar-refractivity contribution < 1.29 is 13.2 Å². The van der Waals surface area contributed by atoms with Crippen molar-refractivity contribution in [1.29, 1.82) is 0 Å². The Labute approximate surface area is 165 Å². The smallest absolute Gasteiger partial charge is 0.244 e. The van der Waals surface area contributed by atoms with Gasteiger partial charge in [0.05, 0.1) is 19.3 Å². The number of hydrogen-bond donors (Lipinski definition) is 1. The van der Waals surface area contributed by atoms with Gasteiger partial charge in [-0.05, 0) is 35.4 Å². The molecule has 0 radical (unpaired) electrons. The van der Waals surface area contributed by atoms with Crippen LogP contribution >= 0.6 is 0 Å². The summed E-state index contributed by atoms with van der Waals surface area (Å²) in [5, 5.41) is 5.75. The van der Waals surface area contributed by atoms with Gasteiger partial charge in [0.25, 0.3) is 0 Å². The van der Waals surface area contributed by atoms with Gasteiger partial charge >= 0.3 is 0 Å². The lowest BCUT2D eigenvalue weighted by molar-refractivity contribution is 0.0730. The van der Waals surface area contributed by atoms with Crippen LogP contribution in [0.2, 0.25) is 0 Å². The second-order valence-electron chi connectivity index (χ2n) is 6.83. The Bertz CT molecular complexity index is 1060. The first-order valence-corrected chi connectivity index (χ1v) is 10.8. The topological polar surface area (TPSA) is 71.5 Å². The minimum atomic E-state index is -3.53. The number of hydrogen-bond acceptors (Lipinski definition) is 5. The fourth-order valence-corrected chi connectivity index (χ4v) is 4.84. The van der Waals surface area contributed by atoms with Crippen molar-refractivity contribution in [2.75, 3.05) is 31.6 Å². The largest absolute Gasteiger partial charge is 0.379 e. The molecule has 1 atom stereocenters. The quantitative estimate of drug-likeness (QED) is 0.714. The number of nitrogens with one attached hydrogen (secondary N) is 1. The van der Waals surface area contributed by atoms with Crippen molar-refractivity contribution in [2.24, 2.45) is 0 Å². The van der Waals surface area contributed by atoms with Crippen LogP contribution in [0, 0.1) is 0 Å². The van der Waals surface area contributed by atoms with Crippen LogP contribution in [0.1, 0.15) is 18.5 Å². The SMILES string of the molecule is C[C@H](Nc1ccc(S(=O)(=O)N2CCOCC2)cn1)c1cccc2ccccc12. The molecule has 146 valence electrons. The van der Waals surface area contributed by atoms with Gasteiger partial charge in [0.15, 0.2) is 0 Å². The number of pyridine rings is 1. The Kier molecular flexibility index (Phi) is 5.30. The molecule has 4 rings (SSSR count). The molecule has 0 aliphatic carbocycles. The molecular formula is C21H23N3O3S. The van der Waals surface area contributed by atoms with Crippen LogP contribution in [0.25, 0.3) is 10.8 Å². The Morgan fingerprint density at radius 2 is 1.79 bits per heavy atom. The second-order valence-corrected chi connectivity index (χ2v) is 8.77. The highest BCUT2D eigenvalue weighted by Gasteiger charge is 2.26. The zero-order chi connectivity index (χ0) is 19.6. The van der Waals surface area contributed by atoms with Crippen LogP contribution in [0.15, 0.2) is 65.7 Å². The highest BCUT2D eigenvalue weighted by Crippen LogP contribution is 2.26. The molecule has 28 heavy (non-hydrogen) atoms. The van der Waals surface area contributed by atoms with Crippen molar-refractivity contribution in [1.82, 2.24) is 9.29 Å². The Hall–Kier alpha value is -2.48. The zero-order valence-electron chi connectivity index (χ0n) is 15.7. The summed E-state index contributed by atoms with van der Waals surface area (Å²) in [6, 6.07) is 17.8. The van der Waals surface area contributed by atoms with Gasteiger partial charge in [0.2, 0.25) is 10.0 Å². The number of anilines is 1.